The Morgan fingerprint density at radius 3 is 1.17 bits per heavy atom. The molecule has 2 aromatic rings. The molecule has 2 aromatic carbocycles. The van der Waals surface area contributed by atoms with Crippen LogP contribution < -0.4 is 0 Å². The topological polar surface area (TPSA) is 109 Å². The van der Waals surface area contributed by atoms with Crippen molar-refractivity contribution in [1.29, 1.82) is 0 Å². The summed E-state index contributed by atoms with van der Waals surface area (Å²) in [6, 6.07) is 14.4. The molecule has 24 heavy (non-hydrogen) atoms. The van der Waals surface area contributed by atoms with Crippen LogP contribution in [0.4, 0.5) is 0 Å². The number of benzene rings is 2. The van der Waals surface area contributed by atoms with E-state index in [4.69, 9.17) is 9.11 Å². The van der Waals surface area contributed by atoms with Crippen LogP contribution in [0.15, 0.2) is 48.5 Å². The summed E-state index contributed by atoms with van der Waals surface area (Å²) in [4.78, 5) is 0. The normalized spacial score (nSPS) is 12.2. The van der Waals surface area contributed by atoms with Crippen LogP contribution in [0.1, 0.15) is 11.1 Å². The predicted octanol–water partition coefficient (Wildman–Crippen LogP) is 3.43. The van der Waals surface area contributed by atoms with E-state index in [0.29, 0.717) is 21.6 Å². The maximum atomic E-state index is 10.7. The van der Waals surface area contributed by atoms with E-state index in [2.05, 4.69) is 0 Å². The second-order valence-corrected chi connectivity index (χ2v) is 11.5. The Hall–Kier alpha value is -1.04. The first-order valence-electron chi connectivity index (χ1n) is 6.54. The van der Waals surface area contributed by atoms with Crippen molar-refractivity contribution in [2.75, 3.05) is 0 Å². The zero-order valence-electron chi connectivity index (χ0n) is 12.2. The first-order valence-corrected chi connectivity index (χ1v) is 12.4. The first kappa shape index (κ1) is 19.3. The van der Waals surface area contributed by atoms with Crippen molar-refractivity contribution in [3.8, 4) is 11.1 Å². The largest absolute Gasteiger partial charge is 0.320 e. The molecule has 2 rings (SSSR count). The molecule has 0 radical (unpaired) electrons. The SMILES string of the molecule is O=S(=O)(O)SCc1ccc(-c2ccc(CSS(=O)(=O)O)cc2)cc1. The molecule has 0 unspecified atom stereocenters. The molecule has 0 aliphatic rings. The van der Waals surface area contributed by atoms with Crippen molar-refractivity contribution in [2.45, 2.75) is 11.5 Å². The molecule has 0 aliphatic carbocycles. The Bertz CT molecular complexity index is 810. The second-order valence-electron chi connectivity index (χ2n) is 4.77. The highest BCUT2D eigenvalue weighted by Gasteiger charge is 2.07. The Labute approximate surface area is 148 Å². The molecule has 0 heterocycles. The Morgan fingerprint density at radius 1 is 0.625 bits per heavy atom. The monoisotopic (exact) mass is 406 g/mol. The van der Waals surface area contributed by atoms with Crippen LogP contribution in [0.25, 0.3) is 11.1 Å². The van der Waals surface area contributed by atoms with E-state index in [1.807, 2.05) is 24.3 Å². The van der Waals surface area contributed by atoms with Gasteiger partial charge in [0, 0.05) is 33.1 Å². The third-order valence-electron chi connectivity index (χ3n) is 2.99. The molecular formula is C14H14O6S4. The summed E-state index contributed by atoms with van der Waals surface area (Å²) in [5, 5.41) is 0. The van der Waals surface area contributed by atoms with E-state index in [0.717, 1.165) is 22.3 Å². The Kier molecular flexibility index (Phi) is 6.34. The van der Waals surface area contributed by atoms with Gasteiger partial charge in [-0.2, -0.15) is 16.8 Å². The van der Waals surface area contributed by atoms with E-state index < -0.39 is 18.3 Å². The average Bonchev–Trinajstić information content (AvgIpc) is 2.51. The molecule has 0 saturated heterocycles. The summed E-state index contributed by atoms with van der Waals surface area (Å²) >= 11 is 0. The fraction of sp³-hybridized carbons (Fsp3) is 0.143. The summed E-state index contributed by atoms with van der Waals surface area (Å²) in [6.07, 6.45) is 0. The summed E-state index contributed by atoms with van der Waals surface area (Å²) in [7, 11) is -7.20. The number of rotatable bonds is 7. The minimum atomic E-state index is -4.05. The van der Waals surface area contributed by atoms with Crippen molar-refractivity contribution in [2.24, 2.45) is 0 Å². The zero-order valence-corrected chi connectivity index (χ0v) is 15.5. The van der Waals surface area contributed by atoms with Gasteiger partial charge in [0.15, 0.2) is 0 Å². The van der Waals surface area contributed by atoms with Crippen molar-refractivity contribution in [1.82, 2.24) is 0 Å². The predicted molar refractivity (Wildman–Crippen MR) is 97.6 cm³/mol. The van der Waals surface area contributed by atoms with Gasteiger partial charge in [-0.25, -0.2) is 0 Å². The molecule has 0 saturated carbocycles. The highest BCUT2D eigenvalue weighted by Crippen LogP contribution is 2.24. The lowest BCUT2D eigenvalue weighted by molar-refractivity contribution is 0.500. The molecule has 0 bridgehead atoms. The van der Waals surface area contributed by atoms with Crippen LogP contribution in [0, 0.1) is 0 Å². The van der Waals surface area contributed by atoms with Crippen LogP contribution in [-0.2, 0) is 29.8 Å². The highest BCUT2D eigenvalue weighted by molar-refractivity contribution is 8.69. The molecule has 0 aliphatic heterocycles. The fourth-order valence-electron chi connectivity index (χ4n) is 1.87. The van der Waals surface area contributed by atoms with Gasteiger partial charge in [-0.1, -0.05) is 48.5 Å². The standard InChI is InChI=1S/C14H14O6S4/c15-23(16,17)21-9-11-1-5-13(6-2-11)14-7-3-12(4-8-14)10-22-24(18,19)20/h1-8H,9-10H2,(H,15,16,17)(H,18,19,20). The van der Waals surface area contributed by atoms with Crippen LogP contribution in [0.5, 0.6) is 0 Å². The molecule has 0 amide bonds. The molecule has 0 aromatic heterocycles. The lowest BCUT2D eigenvalue weighted by Gasteiger charge is -2.05. The molecule has 10 heteroatoms. The van der Waals surface area contributed by atoms with Gasteiger partial charge in [0.05, 0.1) is 0 Å². The fourth-order valence-corrected chi connectivity index (χ4v) is 4.54. The lowest BCUT2D eigenvalue weighted by atomic mass is 10.0. The second kappa shape index (κ2) is 7.89. The summed E-state index contributed by atoms with van der Waals surface area (Å²) in [5.41, 5.74) is 3.37. The minimum Gasteiger partial charge on any atom is -0.277 e. The lowest BCUT2D eigenvalue weighted by Crippen LogP contribution is -1.91. The van der Waals surface area contributed by atoms with Gasteiger partial charge in [-0.05, 0) is 22.3 Å². The number of hydrogen-bond donors (Lipinski definition) is 2. The van der Waals surface area contributed by atoms with Crippen LogP contribution in [0.2, 0.25) is 0 Å². The quantitative estimate of drug-likeness (QED) is 0.532. The molecule has 2 N–H and O–H groups in total. The molecule has 0 fully saturated rings. The maximum absolute atomic E-state index is 10.7. The van der Waals surface area contributed by atoms with Gasteiger partial charge in [0.25, 0.3) is 0 Å². The van der Waals surface area contributed by atoms with Crippen molar-refractivity contribution in [3.05, 3.63) is 59.7 Å². The maximum Gasteiger partial charge on any atom is 0.320 e. The van der Waals surface area contributed by atoms with Gasteiger partial charge in [0.1, 0.15) is 0 Å². The van der Waals surface area contributed by atoms with Crippen LogP contribution in [0.3, 0.4) is 0 Å². The summed E-state index contributed by atoms with van der Waals surface area (Å²) in [5.74, 6) is 0.315. The van der Waals surface area contributed by atoms with Crippen LogP contribution in [-0.4, -0.2) is 25.9 Å². The Balaban J connectivity index is 2.03. The molecule has 6 nitrogen and oxygen atoms in total. The van der Waals surface area contributed by atoms with Crippen molar-refractivity contribution in [3.63, 3.8) is 0 Å². The smallest absolute Gasteiger partial charge is 0.277 e. The van der Waals surface area contributed by atoms with Crippen molar-refractivity contribution >= 4 is 39.9 Å². The van der Waals surface area contributed by atoms with Crippen molar-refractivity contribution < 1.29 is 25.9 Å². The summed E-state index contributed by atoms with van der Waals surface area (Å²) < 4.78 is 60.2. The van der Waals surface area contributed by atoms with Gasteiger partial charge in [-0.3, -0.25) is 9.11 Å². The minimum absolute atomic E-state index is 0.158. The van der Waals surface area contributed by atoms with Crippen LogP contribution >= 0.6 is 21.6 Å². The molecule has 0 atom stereocenters. The van der Waals surface area contributed by atoms with E-state index in [1.54, 1.807) is 24.3 Å². The third kappa shape index (κ3) is 6.83. The Morgan fingerprint density at radius 2 is 0.917 bits per heavy atom. The van der Waals surface area contributed by atoms with Gasteiger partial charge >= 0.3 is 18.3 Å². The highest BCUT2D eigenvalue weighted by atomic mass is 33.2. The van der Waals surface area contributed by atoms with E-state index in [-0.39, 0.29) is 11.5 Å². The zero-order chi connectivity index (χ0) is 17.8. The van der Waals surface area contributed by atoms with Gasteiger partial charge < -0.3 is 0 Å². The molecule has 130 valence electrons. The van der Waals surface area contributed by atoms with E-state index in [1.165, 1.54) is 0 Å². The van der Waals surface area contributed by atoms with Gasteiger partial charge in [-0.15, -0.1) is 0 Å². The van der Waals surface area contributed by atoms with E-state index in [9.17, 15) is 16.8 Å². The van der Waals surface area contributed by atoms with Gasteiger partial charge in [0.2, 0.25) is 0 Å². The average molecular weight is 407 g/mol. The summed E-state index contributed by atoms with van der Waals surface area (Å²) in [6.45, 7) is 0. The van der Waals surface area contributed by atoms with E-state index >= 15 is 0 Å². The molecule has 0 spiro atoms. The number of hydrogen-bond acceptors (Lipinski definition) is 6. The molecular weight excluding hydrogens is 392 g/mol. The first-order chi connectivity index (χ1) is 11.1. The third-order valence-corrected chi connectivity index (χ3v) is 6.98.